The molecule has 8 heteroatoms. The van der Waals surface area contributed by atoms with Crippen LogP contribution >= 0.6 is 11.3 Å². The molecular formula is C14H17N3O3S2. The smallest absolute Gasteiger partial charge is 0.251 e. The first-order chi connectivity index (χ1) is 10.4. The van der Waals surface area contributed by atoms with E-state index >= 15 is 0 Å². The number of hydrogen-bond donors (Lipinski definition) is 2. The lowest BCUT2D eigenvalue weighted by molar-refractivity contribution is 0.0956. The van der Waals surface area contributed by atoms with Gasteiger partial charge in [-0.25, -0.2) is 18.1 Å². The van der Waals surface area contributed by atoms with Gasteiger partial charge in [-0.15, -0.1) is 11.3 Å². The number of hydrogen-bond acceptors (Lipinski definition) is 5. The van der Waals surface area contributed by atoms with Gasteiger partial charge in [0.15, 0.2) is 0 Å². The van der Waals surface area contributed by atoms with Crippen molar-refractivity contribution in [2.45, 2.75) is 6.92 Å². The fourth-order valence-electron chi connectivity index (χ4n) is 1.78. The molecule has 0 radical (unpaired) electrons. The second kappa shape index (κ2) is 6.99. The highest BCUT2D eigenvalue weighted by Crippen LogP contribution is 2.24. The van der Waals surface area contributed by atoms with E-state index in [1.165, 1.54) is 18.4 Å². The zero-order valence-electron chi connectivity index (χ0n) is 12.3. The predicted octanol–water partition coefficient (Wildman–Crippen LogP) is 1.40. The van der Waals surface area contributed by atoms with Gasteiger partial charge < -0.3 is 5.32 Å². The molecule has 2 rings (SSSR count). The Balaban J connectivity index is 2.05. The molecule has 0 atom stereocenters. The maximum Gasteiger partial charge on any atom is 0.251 e. The van der Waals surface area contributed by atoms with Crippen molar-refractivity contribution >= 4 is 27.3 Å². The van der Waals surface area contributed by atoms with Crippen LogP contribution in [0, 0.1) is 6.92 Å². The Labute approximate surface area is 133 Å². The number of amides is 1. The standard InChI is InChI=1S/C14H17N3O3S2/c1-10-9-21-14(17-10)12-5-3-4-11(8-12)13(18)16-6-7-22(19,20)15-2/h3-5,8-9,15H,6-7H2,1-2H3,(H,16,18). The molecule has 118 valence electrons. The molecule has 0 saturated carbocycles. The normalized spacial score (nSPS) is 11.4. The van der Waals surface area contributed by atoms with E-state index in [9.17, 15) is 13.2 Å². The first-order valence-electron chi connectivity index (χ1n) is 6.63. The number of carbonyl (C=O) groups is 1. The second-order valence-electron chi connectivity index (χ2n) is 4.65. The van der Waals surface area contributed by atoms with Crippen LogP contribution in [0.15, 0.2) is 29.6 Å². The third kappa shape index (κ3) is 4.36. The summed E-state index contributed by atoms with van der Waals surface area (Å²) in [4.78, 5) is 16.5. The summed E-state index contributed by atoms with van der Waals surface area (Å²) in [6, 6.07) is 7.11. The highest BCUT2D eigenvalue weighted by Gasteiger charge is 2.11. The van der Waals surface area contributed by atoms with Crippen LogP contribution in [0.25, 0.3) is 10.6 Å². The van der Waals surface area contributed by atoms with E-state index < -0.39 is 10.0 Å². The van der Waals surface area contributed by atoms with Crippen molar-refractivity contribution in [3.8, 4) is 10.6 Å². The molecule has 6 nitrogen and oxygen atoms in total. The minimum absolute atomic E-state index is 0.0581. The first kappa shape index (κ1) is 16.6. The fourth-order valence-corrected chi connectivity index (χ4v) is 3.15. The summed E-state index contributed by atoms with van der Waals surface area (Å²) < 4.78 is 24.8. The molecule has 0 aliphatic carbocycles. The molecule has 1 aromatic heterocycles. The molecular weight excluding hydrogens is 322 g/mol. The summed E-state index contributed by atoms with van der Waals surface area (Å²) in [5.74, 6) is -0.456. The van der Waals surface area contributed by atoms with Gasteiger partial charge in [0.25, 0.3) is 5.91 Å². The zero-order valence-corrected chi connectivity index (χ0v) is 13.9. The third-order valence-electron chi connectivity index (χ3n) is 2.96. The minimum atomic E-state index is -3.32. The van der Waals surface area contributed by atoms with Crippen LogP contribution in [0.1, 0.15) is 16.1 Å². The molecule has 0 aliphatic heterocycles. The van der Waals surface area contributed by atoms with Crippen LogP contribution < -0.4 is 10.0 Å². The average Bonchev–Trinajstić information content (AvgIpc) is 2.94. The molecule has 2 aromatic rings. The van der Waals surface area contributed by atoms with Gasteiger partial charge in [-0.2, -0.15) is 0 Å². The Morgan fingerprint density at radius 3 is 2.77 bits per heavy atom. The maximum absolute atomic E-state index is 12.1. The van der Waals surface area contributed by atoms with E-state index in [1.54, 1.807) is 18.2 Å². The van der Waals surface area contributed by atoms with E-state index in [0.29, 0.717) is 5.56 Å². The second-order valence-corrected chi connectivity index (χ2v) is 7.56. The number of carbonyl (C=O) groups excluding carboxylic acids is 1. The van der Waals surface area contributed by atoms with E-state index in [1.807, 2.05) is 18.4 Å². The molecule has 0 spiro atoms. The van der Waals surface area contributed by atoms with Crippen molar-refractivity contribution in [2.75, 3.05) is 19.3 Å². The van der Waals surface area contributed by atoms with Crippen molar-refractivity contribution in [2.24, 2.45) is 0 Å². The van der Waals surface area contributed by atoms with Gasteiger partial charge in [-0.3, -0.25) is 4.79 Å². The Hall–Kier alpha value is -1.77. The Morgan fingerprint density at radius 1 is 1.36 bits per heavy atom. The third-order valence-corrected chi connectivity index (χ3v) is 5.33. The van der Waals surface area contributed by atoms with Gasteiger partial charge in [0.1, 0.15) is 5.01 Å². The highest BCUT2D eigenvalue weighted by atomic mass is 32.2. The predicted molar refractivity (Wildman–Crippen MR) is 87.5 cm³/mol. The number of sulfonamides is 1. The van der Waals surface area contributed by atoms with Gasteiger partial charge in [-0.05, 0) is 26.1 Å². The van der Waals surface area contributed by atoms with Crippen LogP contribution in [-0.4, -0.2) is 38.7 Å². The fraction of sp³-hybridized carbons (Fsp3) is 0.286. The Kier molecular flexibility index (Phi) is 5.28. The average molecular weight is 339 g/mol. The van der Waals surface area contributed by atoms with Gasteiger partial charge in [0, 0.05) is 28.7 Å². The van der Waals surface area contributed by atoms with Crippen LogP contribution in [0.3, 0.4) is 0 Å². The van der Waals surface area contributed by atoms with Crippen molar-refractivity contribution in [1.29, 1.82) is 0 Å². The largest absolute Gasteiger partial charge is 0.351 e. The van der Waals surface area contributed by atoms with Crippen LogP contribution in [0.2, 0.25) is 0 Å². The molecule has 0 bridgehead atoms. The summed E-state index contributed by atoms with van der Waals surface area (Å²) >= 11 is 1.52. The van der Waals surface area contributed by atoms with Crippen LogP contribution in [0.5, 0.6) is 0 Å². The molecule has 0 unspecified atom stereocenters. The Morgan fingerprint density at radius 2 is 2.14 bits per heavy atom. The first-order valence-corrected chi connectivity index (χ1v) is 9.16. The molecule has 2 N–H and O–H groups in total. The van der Waals surface area contributed by atoms with Gasteiger partial charge in [0.2, 0.25) is 10.0 Å². The molecule has 1 aromatic carbocycles. The van der Waals surface area contributed by atoms with E-state index in [4.69, 9.17) is 0 Å². The van der Waals surface area contributed by atoms with Crippen molar-refractivity contribution < 1.29 is 13.2 Å². The van der Waals surface area contributed by atoms with Gasteiger partial charge in [-0.1, -0.05) is 12.1 Å². The number of aryl methyl sites for hydroxylation is 1. The summed E-state index contributed by atoms with van der Waals surface area (Å²) in [5.41, 5.74) is 2.29. The van der Waals surface area contributed by atoms with Crippen molar-refractivity contribution in [1.82, 2.24) is 15.0 Å². The SMILES string of the molecule is CNS(=O)(=O)CCNC(=O)c1cccc(-c2nc(C)cs2)c1. The quantitative estimate of drug-likeness (QED) is 0.832. The monoisotopic (exact) mass is 339 g/mol. The van der Waals surface area contributed by atoms with Crippen molar-refractivity contribution in [3.63, 3.8) is 0 Å². The lowest BCUT2D eigenvalue weighted by Crippen LogP contribution is -2.32. The van der Waals surface area contributed by atoms with E-state index in [0.717, 1.165) is 16.3 Å². The number of nitrogens with one attached hydrogen (secondary N) is 2. The summed E-state index contributed by atoms with van der Waals surface area (Å²) in [5, 5.41) is 5.40. The zero-order chi connectivity index (χ0) is 16.2. The topological polar surface area (TPSA) is 88.2 Å². The Bertz CT molecular complexity index is 769. The summed E-state index contributed by atoms with van der Waals surface area (Å²) in [6.45, 7) is 1.97. The van der Waals surface area contributed by atoms with Crippen molar-refractivity contribution in [3.05, 3.63) is 40.9 Å². The molecule has 1 heterocycles. The highest BCUT2D eigenvalue weighted by molar-refractivity contribution is 7.89. The van der Waals surface area contributed by atoms with Crippen LogP contribution in [-0.2, 0) is 10.0 Å². The lowest BCUT2D eigenvalue weighted by atomic mass is 10.1. The number of benzene rings is 1. The number of nitrogens with zero attached hydrogens (tertiary/aromatic N) is 1. The van der Waals surface area contributed by atoms with E-state index in [-0.39, 0.29) is 18.2 Å². The van der Waals surface area contributed by atoms with Crippen LogP contribution in [0.4, 0.5) is 0 Å². The van der Waals surface area contributed by atoms with E-state index in [2.05, 4.69) is 15.0 Å². The molecule has 0 fully saturated rings. The van der Waals surface area contributed by atoms with Gasteiger partial charge in [0.05, 0.1) is 5.75 Å². The summed E-state index contributed by atoms with van der Waals surface area (Å²) in [6.07, 6.45) is 0. The van der Waals surface area contributed by atoms with Gasteiger partial charge >= 0.3 is 0 Å². The molecule has 22 heavy (non-hydrogen) atoms. The molecule has 0 aliphatic rings. The maximum atomic E-state index is 12.1. The number of rotatable bonds is 6. The minimum Gasteiger partial charge on any atom is -0.351 e. The number of aromatic nitrogens is 1. The summed E-state index contributed by atoms with van der Waals surface area (Å²) in [7, 11) is -1.97. The lowest BCUT2D eigenvalue weighted by Gasteiger charge is -2.06. The molecule has 0 saturated heterocycles. The number of thiazole rings is 1. The molecule has 1 amide bonds.